The number of rotatable bonds is 1. The molecule has 0 atom stereocenters. The molecule has 1 aliphatic carbocycles. The monoisotopic (exact) mass is 233 g/mol. The number of nitrogens with one attached hydrogen (secondary N) is 1. The van der Waals surface area contributed by atoms with Crippen LogP contribution in [0, 0.1) is 5.82 Å². The molecule has 1 saturated heterocycles. The largest absolute Gasteiger partial charge is 0.317 e. The van der Waals surface area contributed by atoms with E-state index in [4.69, 9.17) is 0 Å². The lowest BCUT2D eigenvalue weighted by Gasteiger charge is -2.26. The summed E-state index contributed by atoms with van der Waals surface area (Å²) < 4.78 is 14.5. The molecule has 1 heterocycles. The predicted molar refractivity (Wildman–Crippen MR) is 67.9 cm³/mol. The van der Waals surface area contributed by atoms with Gasteiger partial charge in [-0.1, -0.05) is 12.1 Å². The number of halogens is 1. The number of hydrogen-bond acceptors (Lipinski definition) is 1. The van der Waals surface area contributed by atoms with Crippen LogP contribution in [0.3, 0.4) is 0 Å². The maximum atomic E-state index is 14.5. The van der Waals surface area contributed by atoms with Gasteiger partial charge in [0.25, 0.3) is 0 Å². The Balaban J connectivity index is 1.94. The summed E-state index contributed by atoms with van der Waals surface area (Å²) in [6.45, 7) is 2.06. The molecule has 0 aromatic heterocycles. The van der Waals surface area contributed by atoms with Crippen LogP contribution in [0.1, 0.15) is 48.3 Å². The van der Waals surface area contributed by atoms with E-state index in [1.54, 1.807) is 0 Å². The van der Waals surface area contributed by atoms with Gasteiger partial charge in [-0.05, 0) is 74.2 Å². The number of benzene rings is 1. The molecule has 0 spiro atoms. The minimum absolute atomic E-state index is 0.120. The maximum Gasteiger partial charge on any atom is 0.130 e. The van der Waals surface area contributed by atoms with E-state index in [1.807, 2.05) is 0 Å². The summed E-state index contributed by atoms with van der Waals surface area (Å²) in [4.78, 5) is 0. The number of piperidine rings is 1. The molecule has 1 aromatic rings. The fourth-order valence-corrected chi connectivity index (χ4v) is 3.25. The van der Waals surface area contributed by atoms with Crippen LogP contribution in [0.15, 0.2) is 12.1 Å². The highest BCUT2D eigenvalue weighted by Crippen LogP contribution is 2.32. The molecule has 1 nitrogen and oxygen atoms in total. The topological polar surface area (TPSA) is 12.0 Å². The third-order valence-electron chi connectivity index (χ3n) is 4.27. The SMILES string of the molecule is Fc1c(C2CCNCC2)ccc2c1CCCC2. The summed E-state index contributed by atoms with van der Waals surface area (Å²) >= 11 is 0. The first-order valence-corrected chi connectivity index (χ1v) is 6.87. The molecule has 1 fully saturated rings. The van der Waals surface area contributed by atoms with Crippen molar-refractivity contribution < 1.29 is 4.39 Å². The molecule has 1 N–H and O–H groups in total. The molecule has 1 aliphatic heterocycles. The molecule has 0 bridgehead atoms. The first kappa shape index (κ1) is 11.2. The van der Waals surface area contributed by atoms with Crippen molar-refractivity contribution in [3.8, 4) is 0 Å². The van der Waals surface area contributed by atoms with Crippen LogP contribution in [0.25, 0.3) is 0 Å². The van der Waals surface area contributed by atoms with Gasteiger partial charge in [-0.2, -0.15) is 0 Å². The van der Waals surface area contributed by atoms with Crippen LogP contribution in [-0.2, 0) is 12.8 Å². The van der Waals surface area contributed by atoms with E-state index in [9.17, 15) is 4.39 Å². The molecular formula is C15H20FN. The Bertz CT molecular complexity index is 408. The Morgan fingerprint density at radius 1 is 1.06 bits per heavy atom. The van der Waals surface area contributed by atoms with Gasteiger partial charge in [0.15, 0.2) is 0 Å². The lowest BCUT2D eigenvalue weighted by Crippen LogP contribution is -2.27. The molecule has 17 heavy (non-hydrogen) atoms. The van der Waals surface area contributed by atoms with E-state index in [0.717, 1.165) is 56.3 Å². The average Bonchev–Trinajstić information content (AvgIpc) is 2.40. The predicted octanol–water partition coefficient (Wildman–Crippen LogP) is 3.17. The summed E-state index contributed by atoms with van der Waals surface area (Å²) in [5.74, 6) is 0.553. The van der Waals surface area contributed by atoms with Crippen LogP contribution in [0.2, 0.25) is 0 Å². The second-order valence-corrected chi connectivity index (χ2v) is 5.34. The highest BCUT2D eigenvalue weighted by molar-refractivity contribution is 5.37. The van der Waals surface area contributed by atoms with Crippen molar-refractivity contribution in [1.82, 2.24) is 5.32 Å². The van der Waals surface area contributed by atoms with Gasteiger partial charge in [0, 0.05) is 0 Å². The second-order valence-electron chi connectivity index (χ2n) is 5.34. The first-order valence-electron chi connectivity index (χ1n) is 6.87. The zero-order chi connectivity index (χ0) is 11.7. The summed E-state index contributed by atoms with van der Waals surface area (Å²) in [6.07, 6.45) is 6.54. The van der Waals surface area contributed by atoms with Gasteiger partial charge in [-0.15, -0.1) is 0 Å². The maximum absolute atomic E-state index is 14.5. The zero-order valence-electron chi connectivity index (χ0n) is 10.3. The van der Waals surface area contributed by atoms with Gasteiger partial charge in [-0.3, -0.25) is 0 Å². The van der Waals surface area contributed by atoms with Crippen molar-refractivity contribution in [2.24, 2.45) is 0 Å². The smallest absolute Gasteiger partial charge is 0.130 e. The Hall–Kier alpha value is -0.890. The summed E-state index contributed by atoms with van der Waals surface area (Å²) in [7, 11) is 0. The summed E-state index contributed by atoms with van der Waals surface area (Å²) in [5.41, 5.74) is 3.26. The van der Waals surface area contributed by atoms with E-state index in [2.05, 4.69) is 17.4 Å². The Morgan fingerprint density at radius 2 is 1.82 bits per heavy atom. The lowest BCUT2D eigenvalue weighted by molar-refractivity contribution is 0.441. The molecule has 0 amide bonds. The molecule has 92 valence electrons. The molecular weight excluding hydrogens is 213 g/mol. The third-order valence-corrected chi connectivity index (χ3v) is 4.27. The van der Waals surface area contributed by atoms with Crippen LogP contribution >= 0.6 is 0 Å². The zero-order valence-corrected chi connectivity index (χ0v) is 10.3. The van der Waals surface area contributed by atoms with E-state index in [1.165, 1.54) is 12.0 Å². The van der Waals surface area contributed by atoms with Crippen molar-refractivity contribution >= 4 is 0 Å². The van der Waals surface area contributed by atoms with Gasteiger partial charge >= 0.3 is 0 Å². The highest BCUT2D eigenvalue weighted by atomic mass is 19.1. The van der Waals surface area contributed by atoms with Crippen molar-refractivity contribution in [2.75, 3.05) is 13.1 Å². The van der Waals surface area contributed by atoms with E-state index in [0.29, 0.717) is 5.92 Å². The summed E-state index contributed by atoms with van der Waals surface area (Å²) in [6, 6.07) is 4.23. The van der Waals surface area contributed by atoms with Gasteiger partial charge in [0.2, 0.25) is 0 Å². The van der Waals surface area contributed by atoms with Gasteiger partial charge in [-0.25, -0.2) is 4.39 Å². The lowest BCUT2D eigenvalue weighted by atomic mass is 9.84. The molecule has 0 radical (unpaired) electrons. The average molecular weight is 233 g/mol. The minimum Gasteiger partial charge on any atom is -0.317 e. The van der Waals surface area contributed by atoms with Crippen LogP contribution in [-0.4, -0.2) is 13.1 Å². The molecule has 2 heteroatoms. The Kier molecular flexibility index (Phi) is 3.15. The van der Waals surface area contributed by atoms with Crippen LogP contribution < -0.4 is 5.32 Å². The first-order chi connectivity index (χ1) is 8.36. The summed E-state index contributed by atoms with van der Waals surface area (Å²) in [5, 5.41) is 3.34. The van der Waals surface area contributed by atoms with E-state index >= 15 is 0 Å². The fourth-order valence-electron chi connectivity index (χ4n) is 3.25. The molecule has 1 aromatic carbocycles. The van der Waals surface area contributed by atoms with Crippen molar-refractivity contribution in [2.45, 2.75) is 44.4 Å². The van der Waals surface area contributed by atoms with Crippen molar-refractivity contribution in [1.29, 1.82) is 0 Å². The number of aryl methyl sites for hydroxylation is 1. The molecule has 0 saturated carbocycles. The number of hydrogen-bond donors (Lipinski definition) is 1. The quantitative estimate of drug-likeness (QED) is 0.785. The minimum atomic E-state index is 0.120. The Morgan fingerprint density at radius 3 is 2.65 bits per heavy atom. The van der Waals surface area contributed by atoms with Gasteiger partial charge < -0.3 is 5.32 Å². The normalized spacial score (nSPS) is 21.2. The van der Waals surface area contributed by atoms with Crippen LogP contribution in [0.5, 0.6) is 0 Å². The highest BCUT2D eigenvalue weighted by Gasteiger charge is 2.22. The van der Waals surface area contributed by atoms with Gasteiger partial charge in [0.1, 0.15) is 5.82 Å². The molecule has 0 unspecified atom stereocenters. The standard InChI is InChI=1S/C15H20FN/c16-15-13-4-2-1-3-11(13)5-6-14(15)12-7-9-17-10-8-12/h5-6,12,17H,1-4,7-10H2. The van der Waals surface area contributed by atoms with E-state index in [-0.39, 0.29) is 5.82 Å². The molecule has 3 rings (SSSR count). The fraction of sp³-hybridized carbons (Fsp3) is 0.600. The second kappa shape index (κ2) is 4.77. The van der Waals surface area contributed by atoms with Crippen LogP contribution in [0.4, 0.5) is 4.39 Å². The van der Waals surface area contributed by atoms with E-state index < -0.39 is 0 Å². The van der Waals surface area contributed by atoms with Crippen molar-refractivity contribution in [3.63, 3.8) is 0 Å². The Labute approximate surface area is 102 Å². The molecule has 2 aliphatic rings. The van der Waals surface area contributed by atoms with Crippen molar-refractivity contribution in [3.05, 3.63) is 34.6 Å². The van der Waals surface area contributed by atoms with Gasteiger partial charge in [0.05, 0.1) is 0 Å². The number of fused-ring (bicyclic) bond motifs is 1. The third kappa shape index (κ3) is 2.11.